The third kappa shape index (κ3) is 2.71. The number of phenols is 2. The van der Waals surface area contributed by atoms with Gasteiger partial charge in [-0.3, -0.25) is 9.59 Å². The van der Waals surface area contributed by atoms with Crippen molar-refractivity contribution < 1.29 is 19.8 Å². The highest BCUT2D eigenvalue weighted by Crippen LogP contribution is 2.32. The third-order valence-corrected chi connectivity index (χ3v) is 4.79. The molecule has 1 aliphatic carbocycles. The first kappa shape index (κ1) is 15.2. The van der Waals surface area contributed by atoms with Crippen molar-refractivity contribution in [2.75, 3.05) is 0 Å². The number of carbonyl (C=O) groups excluding carboxylic acids is 2. The second-order valence-electron chi connectivity index (χ2n) is 5.14. The average molecular weight is 326 g/mol. The molecule has 5 heteroatoms. The number of aromatic hydroxyl groups is 2. The molecule has 0 amide bonds. The molecule has 2 bridgehead atoms. The minimum Gasteiger partial charge on any atom is -0.507 e. The molecule has 4 nitrogen and oxygen atoms in total. The largest absolute Gasteiger partial charge is 0.507 e. The van der Waals surface area contributed by atoms with Crippen LogP contribution in [0.5, 0.6) is 11.5 Å². The third-order valence-electron chi connectivity index (χ3n) is 3.68. The Bertz CT molecular complexity index is 877. The number of fused-ring (bicyclic) bond motifs is 3. The number of allylic oxidation sites excluding steroid dienone is 2. The molecular weight excluding hydrogens is 312 g/mol. The fraction of sp³-hybridized carbons (Fsp3) is 0.111. The zero-order valence-corrected chi connectivity index (χ0v) is 13.2. The van der Waals surface area contributed by atoms with Gasteiger partial charge in [0.05, 0.1) is 11.1 Å². The summed E-state index contributed by atoms with van der Waals surface area (Å²) < 4.78 is 2.88. The van der Waals surface area contributed by atoms with Gasteiger partial charge in [-0.15, -0.1) is 11.3 Å². The van der Waals surface area contributed by atoms with Gasteiger partial charge in [0.25, 0.3) is 0 Å². The summed E-state index contributed by atoms with van der Waals surface area (Å²) in [5.74, 6) is -1.54. The second kappa shape index (κ2) is 5.85. The second-order valence-corrected chi connectivity index (χ2v) is 6.26. The van der Waals surface area contributed by atoms with E-state index in [0.717, 1.165) is 12.2 Å². The lowest BCUT2D eigenvalue weighted by Crippen LogP contribution is -2.11. The molecule has 1 aromatic carbocycles. The van der Waals surface area contributed by atoms with Crippen LogP contribution in [0.15, 0.2) is 42.5 Å². The van der Waals surface area contributed by atoms with E-state index in [4.69, 9.17) is 0 Å². The Morgan fingerprint density at radius 2 is 1.48 bits per heavy atom. The van der Waals surface area contributed by atoms with Gasteiger partial charge in [-0.05, 0) is 54.5 Å². The summed E-state index contributed by atoms with van der Waals surface area (Å²) in [7, 11) is 0. The molecule has 0 spiro atoms. The molecule has 0 saturated heterocycles. The molecule has 23 heavy (non-hydrogen) atoms. The van der Waals surface area contributed by atoms with Crippen LogP contribution in [-0.2, 0) is 6.42 Å². The molecule has 2 N–H and O–H groups in total. The lowest BCUT2D eigenvalue weighted by molar-refractivity contribution is 0.0989. The summed E-state index contributed by atoms with van der Waals surface area (Å²) in [6.07, 6.45) is 3.32. The first-order valence-electron chi connectivity index (χ1n) is 7.13. The van der Waals surface area contributed by atoms with E-state index in [0.29, 0.717) is 0 Å². The molecule has 0 fully saturated rings. The standard InChI is InChI=1S/C10H6O4.C8H8S/c11-5-1-2-6(12)10-8(14)4-3-7(13)9(5)10;1-2-6-5-7-3-4-8(6)9-7/h1-4,11-12H;3-5H,2H2,1H3. The molecule has 3 aromatic rings. The molecule has 4 rings (SSSR count). The molecule has 0 aliphatic heterocycles. The molecule has 2 heterocycles. The number of benzene rings is 2. The van der Waals surface area contributed by atoms with E-state index in [1.165, 1.54) is 33.5 Å². The molecule has 2 aromatic heterocycles. The minimum absolute atomic E-state index is 0.127. The van der Waals surface area contributed by atoms with E-state index < -0.39 is 11.6 Å². The first-order chi connectivity index (χ1) is 11.0. The number of ketones is 2. The average Bonchev–Trinajstić information content (AvgIpc) is 3.17. The van der Waals surface area contributed by atoms with Crippen molar-refractivity contribution in [3.05, 3.63) is 59.2 Å². The van der Waals surface area contributed by atoms with E-state index in [1.54, 1.807) is 0 Å². The van der Waals surface area contributed by atoms with Gasteiger partial charge in [-0.2, -0.15) is 0 Å². The van der Waals surface area contributed by atoms with Gasteiger partial charge in [-0.1, -0.05) is 6.92 Å². The van der Waals surface area contributed by atoms with E-state index in [2.05, 4.69) is 25.1 Å². The number of hydrogen-bond acceptors (Lipinski definition) is 5. The maximum Gasteiger partial charge on any atom is 0.190 e. The van der Waals surface area contributed by atoms with E-state index in [1.807, 2.05) is 11.3 Å². The zero-order chi connectivity index (χ0) is 16.6. The lowest BCUT2D eigenvalue weighted by Gasteiger charge is -2.11. The van der Waals surface area contributed by atoms with Crippen LogP contribution in [0.1, 0.15) is 33.2 Å². The van der Waals surface area contributed by atoms with Crippen LogP contribution in [0.3, 0.4) is 0 Å². The van der Waals surface area contributed by atoms with Gasteiger partial charge < -0.3 is 10.2 Å². The predicted octanol–water partition coefficient (Wildman–Crippen LogP) is 3.93. The number of thiophene rings is 2. The number of aryl methyl sites for hydroxylation is 1. The van der Waals surface area contributed by atoms with Crippen LogP contribution in [0.2, 0.25) is 0 Å². The SMILES string of the molecule is CCc1cc2ccc1s2.O=C1C=CC(=O)c2c(O)ccc(O)c21. The highest BCUT2D eigenvalue weighted by Gasteiger charge is 2.25. The number of rotatable bonds is 1. The van der Waals surface area contributed by atoms with Crippen LogP contribution < -0.4 is 0 Å². The van der Waals surface area contributed by atoms with Crippen molar-refractivity contribution in [1.29, 1.82) is 0 Å². The highest BCUT2D eigenvalue weighted by molar-refractivity contribution is 7.24. The molecule has 116 valence electrons. The molecular formula is C18H14O4S. The Kier molecular flexibility index (Phi) is 3.88. The van der Waals surface area contributed by atoms with Gasteiger partial charge in [0.1, 0.15) is 11.5 Å². The summed E-state index contributed by atoms with van der Waals surface area (Å²) >= 11 is 1.89. The number of hydrogen-bond donors (Lipinski definition) is 2. The maximum absolute atomic E-state index is 11.3. The lowest BCUT2D eigenvalue weighted by atomic mass is 9.93. The molecule has 0 unspecified atom stereocenters. The van der Waals surface area contributed by atoms with Gasteiger partial charge in [0, 0.05) is 9.40 Å². The van der Waals surface area contributed by atoms with Gasteiger partial charge >= 0.3 is 0 Å². The summed E-state index contributed by atoms with van der Waals surface area (Å²) in [5.41, 5.74) is 1.26. The summed E-state index contributed by atoms with van der Waals surface area (Å²) in [6.45, 7) is 2.20. The Morgan fingerprint density at radius 3 is 1.83 bits per heavy atom. The van der Waals surface area contributed by atoms with Gasteiger partial charge in [0.15, 0.2) is 11.6 Å². The van der Waals surface area contributed by atoms with Crippen LogP contribution in [-0.4, -0.2) is 21.8 Å². The normalized spacial score (nSPS) is 13.1. The van der Waals surface area contributed by atoms with Crippen LogP contribution in [0.4, 0.5) is 0 Å². The quantitative estimate of drug-likeness (QED) is 0.664. The predicted molar refractivity (Wildman–Crippen MR) is 90.0 cm³/mol. The fourth-order valence-electron chi connectivity index (χ4n) is 2.52. The van der Waals surface area contributed by atoms with Gasteiger partial charge in [0.2, 0.25) is 0 Å². The highest BCUT2D eigenvalue weighted by atomic mass is 32.1. The first-order valence-corrected chi connectivity index (χ1v) is 7.95. The van der Waals surface area contributed by atoms with Crippen molar-refractivity contribution in [3.8, 4) is 11.5 Å². The van der Waals surface area contributed by atoms with Crippen LogP contribution in [0.25, 0.3) is 9.40 Å². The van der Waals surface area contributed by atoms with Crippen LogP contribution in [0, 0.1) is 0 Å². The Balaban J connectivity index is 0.000000149. The molecule has 0 atom stereocenters. The topological polar surface area (TPSA) is 74.6 Å². The Labute approximate surface area is 136 Å². The Morgan fingerprint density at radius 1 is 0.913 bits per heavy atom. The monoisotopic (exact) mass is 326 g/mol. The van der Waals surface area contributed by atoms with Crippen molar-refractivity contribution >= 4 is 32.3 Å². The van der Waals surface area contributed by atoms with E-state index in [9.17, 15) is 19.8 Å². The van der Waals surface area contributed by atoms with Crippen molar-refractivity contribution in [2.45, 2.75) is 13.3 Å². The molecule has 1 aliphatic rings. The summed E-state index contributed by atoms with van der Waals surface area (Å²) in [4.78, 5) is 22.6. The smallest absolute Gasteiger partial charge is 0.190 e. The number of phenolic OH excluding ortho intramolecular Hbond substituents is 2. The minimum atomic E-state index is -0.479. The van der Waals surface area contributed by atoms with Crippen molar-refractivity contribution in [3.63, 3.8) is 0 Å². The van der Waals surface area contributed by atoms with Crippen molar-refractivity contribution in [1.82, 2.24) is 0 Å². The summed E-state index contributed by atoms with van der Waals surface area (Å²) in [5, 5.41) is 18.7. The fourth-order valence-corrected chi connectivity index (χ4v) is 3.58. The van der Waals surface area contributed by atoms with E-state index in [-0.39, 0.29) is 22.6 Å². The van der Waals surface area contributed by atoms with E-state index >= 15 is 0 Å². The number of carbonyl (C=O) groups is 2. The maximum atomic E-state index is 11.3. The van der Waals surface area contributed by atoms with Crippen molar-refractivity contribution in [2.24, 2.45) is 0 Å². The molecule has 0 saturated carbocycles. The van der Waals surface area contributed by atoms with Gasteiger partial charge in [-0.25, -0.2) is 0 Å². The Hall–Kier alpha value is -2.66. The zero-order valence-electron chi connectivity index (χ0n) is 12.4. The molecule has 0 radical (unpaired) electrons. The summed E-state index contributed by atoms with van der Waals surface area (Å²) in [6, 6.07) is 9.02. The van der Waals surface area contributed by atoms with Crippen LogP contribution >= 0.6 is 11.3 Å².